The van der Waals surface area contributed by atoms with E-state index in [0.717, 1.165) is 5.56 Å². The van der Waals surface area contributed by atoms with E-state index in [4.69, 9.17) is 9.84 Å². The Morgan fingerprint density at radius 2 is 1.73 bits per heavy atom. The van der Waals surface area contributed by atoms with Crippen LogP contribution in [0.4, 0.5) is 4.39 Å². The lowest BCUT2D eigenvalue weighted by Gasteiger charge is -2.19. The van der Waals surface area contributed by atoms with Crippen LogP contribution in [0.1, 0.15) is 17.5 Å². The van der Waals surface area contributed by atoms with E-state index < -0.39 is 24.1 Å². The lowest BCUT2D eigenvalue weighted by atomic mass is 10.1. The van der Waals surface area contributed by atoms with Crippen molar-refractivity contribution in [3.8, 4) is 5.75 Å². The second-order valence-electron chi connectivity index (χ2n) is 5.68. The third kappa shape index (κ3) is 5.41. The number of Topliss-reactive ketones (excluding diaryl/α,β-unsaturated/α-hetero) is 1. The quantitative estimate of drug-likeness (QED) is 0.578. The second kappa shape index (κ2) is 8.75. The molecule has 0 spiro atoms. The molecule has 6 nitrogen and oxygen atoms in total. The molecular weight excluding hydrogens is 341 g/mol. The molecule has 0 atom stereocenters. The molecule has 0 aromatic heterocycles. The van der Waals surface area contributed by atoms with Crippen molar-refractivity contribution in [2.24, 2.45) is 0 Å². The predicted octanol–water partition coefficient (Wildman–Crippen LogP) is 2.41. The topological polar surface area (TPSA) is 83.9 Å². The molecule has 0 radical (unpaired) electrons. The van der Waals surface area contributed by atoms with Crippen LogP contribution in [0.3, 0.4) is 0 Å². The van der Waals surface area contributed by atoms with Gasteiger partial charge in [-0.1, -0.05) is 30.3 Å². The van der Waals surface area contributed by atoms with Crippen LogP contribution in [0.5, 0.6) is 5.75 Å². The Hall–Kier alpha value is -3.22. The number of nitrogens with zero attached hydrogens (tertiary/aromatic N) is 1. The van der Waals surface area contributed by atoms with Crippen molar-refractivity contribution in [1.82, 2.24) is 4.90 Å². The van der Waals surface area contributed by atoms with Crippen LogP contribution in [0.15, 0.2) is 48.5 Å². The lowest BCUT2D eigenvalue weighted by Crippen LogP contribution is -2.30. The van der Waals surface area contributed by atoms with Crippen LogP contribution in [0, 0.1) is 5.82 Å². The van der Waals surface area contributed by atoms with Gasteiger partial charge in [-0.25, -0.2) is 9.18 Å². The SMILES string of the molecule is CN(Cc1ccccc1OCc1ccc(F)cc1)C(=O)CC(=O)C(=O)O. The van der Waals surface area contributed by atoms with Crippen molar-refractivity contribution < 1.29 is 28.6 Å². The molecular formula is C19H18FNO5. The maximum Gasteiger partial charge on any atom is 0.372 e. The van der Waals surface area contributed by atoms with Crippen molar-refractivity contribution in [2.75, 3.05) is 7.05 Å². The molecule has 0 saturated carbocycles. The zero-order chi connectivity index (χ0) is 19.1. The molecule has 2 aromatic rings. The van der Waals surface area contributed by atoms with Gasteiger partial charge in [0.25, 0.3) is 0 Å². The Bertz CT molecular complexity index is 804. The van der Waals surface area contributed by atoms with E-state index in [0.29, 0.717) is 11.3 Å². The minimum absolute atomic E-state index is 0.158. The highest BCUT2D eigenvalue weighted by Gasteiger charge is 2.20. The zero-order valence-electron chi connectivity index (χ0n) is 14.1. The molecule has 26 heavy (non-hydrogen) atoms. The van der Waals surface area contributed by atoms with Crippen molar-refractivity contribution >= 4 is 17.7 Å². The Labute approximate surface area is 149 Å². The first kappa shape index (κ1) is 19.1. The number of ketones is 1. The van der Waals surface area contributed by atoms with Gasteiger partial charge >= 0.3 is 5.97 Å². The van der Waals surface area contributed by atoms with E-state index >= 15 is 0 Å². The van der Waals surface area contributed by atoms with E-state index in [9.17, 15) is 18.8 Å². The Morgan fingerprint density at radius 3 is 2.38 bits per heavy atom. The van der Waals surface area contributed by atoms with Crippen molar-refractivity contribution in [2.45, 2.75) is 19.6 Å². The highest BCUT2D eigenvalue weighted by molar-refractivity contribution is 6.36. The average Bonchev–Trinajstić information content (AvgIpc) is 2.62. The van der Waals surface area contributed by atoms with Gasteiger partial charge in [0.15, 0.2) is 0 Å². The van der Waals surface area contributed by atoms with Crippen LogP contribution < -0.4 is 4.74 Å². The third-order valence-corrected chi connectivity index (χ3v) is 3.66. The van der Waals surface area contributed by atoms with Crippen LogP contribution in [0.2, 0.25) is 0 Å². The Balaban J connectivity index is 2.01. The van der Waals surface area contributed by atoms with Crippen molar-refractivity contribution in [3.05, 3.63) is 65.5 Å². The summed E-state index contributed by atoms with van der Waals surface area (Å²) in [5.41, 5.74) is 1.49. The largest absolute Gasteiger partial charge is 0.489 e. The summed E-state index contributed by atoms with van der Waals surface area (Å²) in [4.78, 5) is 34.9. The van der Waals surface area contributed by atoms with Crippen LogP contribution >= 0.6 is 0 Å². The second-order valence-corrected chi connectivity index (χ2v) is 5.68. The van der Waals surface area contributed by atoms with Gasteiger partial charge < -0.3 is 14.7 Å². The summed E-state index contributed by atoms with van der Waals surface area (Å²) in [6.45, 7) is 0.387. The van der Waals surface area contributed by atoms with Gasteiger partial charge in [-0.2, -0.15) is 0 Å². The van der Waals surface area contributed by atoms with Gasteiger partial charge in [0.2, 0.25) is 11.7 Å². The predicted molar refractivity (Wildman–Crippen MR) is 90.9 cm³/mol. The Morgan fingerprint density at radius 1 is 1.08 bits per heavy atom. The number of ether oxygens (including phenoxy) is 1. The summed E-state index contributed by atoms with van der Waals surface area (Å²) < 4.78 is 18.7. The maximum absolute atomic E-state index is 12.9. The van der Waals surface area contributed by atoms with Crippen LogP contribution in [-0.4, -0.2) is 34.7 Å². The molecule has 0 fully saturated rings. The minimum Gasteiger partial charge on any atom is -0.489 e. The third-order valence-electron chi connectivity index (χ3n) is 3.66. The fourth-order valence-electron chi connectivity index (χ4n) is 2.21. The lowest BCUT2D eigenvalue weighted by molar-refractivity contribution is -0.151. The molecule has 136 valence electrons. The highest BCUT2D eigenvalue weighted by atomic mass is 19.1. The smallest absolute Gasteiger partial charge is 0.372 e. The monoisotopic (exact) mass is 359 g/mol. The number of carboxylic acid groups (broad SMARTS) is 1. The summed E-state index contributed by atoms with van der Waals surface area (Å²) in [7, 11) is 1.48. The summed E-state index contributed by atoms with van der Waals surface area (Å²) in [5.74, 6) is -3.16. The number of carbonyl (C=O) groups is 3. The molecule has 0 bridgehead atoms. The highest BCUT2D eigenvalue weighted by Crippen LogP contribution is 2.21. The van der Waals surface area contributed by atoms with E-state index in [1.807, 2.05) is 0 Å². The normalized spacial score (nSPS) is 10.2. The molecule has 0 heterocycles. The number of aliphatic carboxylic acids is 1. The molecule has 2 rings (SSSR count). The van der Waals surface area contributed by atoms with E-state index in [2.05, 4.69) is 0 Å². The van der Waals surface area contributed by atoms with E-state index in [1.54, 1.807) is 36.4 Å². The molecule has 1 amide bonds. The number of hydrogen-bond donors (Lipinski definition) is 1. The number of para-hydroxylation sites is 1. The molecule has 0 aliphatic heterocycles. The first-order valence-corrected chi connectivity index (χ1v) is 7.82. The number of hydrogen-bond acceptors (Lipinski definition) is 4. The van der Waals surface area contributed by atoms with E-state index in [-0.39, 0.29) is 19.0 Å². The van der Waals surface area contributed by atoms with Crippen molar-refractivity contribution in [1.29, 1.82) is 0 Å². The van der Waals surface area contributed by atoms with Gasteiger partial charge in [0, 0.05) is 19.2 Å². The molecule has 0 saturated heterocycles. The number of amides is 1. The first-order chi connectivity index (χ1) is 12.4. The van der Waals surface area contributed by atoms with Gasteiger partial charge in [-0.3, -0.25) is 9.59 Å². The molecule has 0 unspecified atom stereocenters. The maximum atomic E-state index is 12.9. The number of rotatable bonds is 8. The number of halogens is 1. The van der Waals surface area contributed by atoms with Gasteiger partial charge in [0.1, 0.15) is 18.2 Å². The summed E-state index contributed by atoms with van der Waals surface area (Å²) in [6.07, 6.45) is -0.690. The van der Waals surface area contributed by atoms with E-state index in [1.165, 1.54) is 24.1 Å². The fraction of sp³-hybridized carbons (Fsp3) is 0.211. The first-order valence-electron chi connectivity index (χ1n) is 7.82. The Kier molecular flexibility index (Phi) is 6.43. The number of carboxylic acids is 1. The van der Waals surface area contributed by atoms with Crippen LogP contribution in [0.25, 0.3) is 0 Å². The average molecular weight is 359 g/mol. The molecule has 0 aliphatic rings. The molecule has 2 aromatic carbocycles. The number of benzene rings is 2. The van der Waals surface area contributed by atoms with Gasteiger partial charge in [-0.15, -0.1) is 0 Å². The van der Waals surface area contributed by atoms with Crippen LogP contribution in [-0.2, 0) is 27.5 Å². The standard InChI is InChI=1S/C19H18FNO5/c1-21(18(23)10-16(22)19(24)25)11-14-4-2-3-5-17(14)26-12-13-6-8-15(20)9-7-13/h2-9H,10-12H2,1H3,(H,24,25). The van der Waals surface area contributed by atoms with Gasteiger partial charge in [-0.05, 0) is 23.8 Å². The van der Waals surface area contributed by atoms with Gasteiger partial charge in [0.05, 0.1) is 6.42 Å². The summed E-state index contributed by atoms with van der Waals surface area (Å²) in [5, 5.41) is 8.58. The molecule has 7 heteroatoms. The molecule has 0 aliphatic carbocycles. The molecule has 1 N–H and O–H groups in total. The van der Waals surface area contributed by atoms with Crippen molar-refractivity contribution in [3.63, 3.8) is 0 Å². The summed E-state index contributed by atoms with van der Waals surface area (Å²) >= 11 is 0. The minimum atomic E-state index is -1.63. The number of carbonyl (C=O) groups excluding carboxylic acids is 2. The zero-order valence-corrected chi connectivity index (χ0v) is 14.1. The fourth-order valence-corrected chi connectivity index (χ4v) is 2.21. The summed E-state index contributed by atoms with van der Waals surface area (Å²) in [6, 6.07) is 13.0.